The zero-order valence-corrected chi connectivity index (χ0v) is 16.6. The van der Waals surface area contributed by atoms with Gasteiger partial charge in [0.25, 0.3) is 5.24 Å². The van der Waals surface area contributed by atoms with Crippen LogP contribution in [0.1, 0.15) is 18.1 Å². The second-order valence-corrected chi connectivity index (χ2v) is 8.00. The molecule has 5 nitrogen and oxygen atoms in total. The van der Waals surface area contributed by atoms with E-state index in [1.54, 1.807) is 12.3 Å². The van der Waals surface area contributed by atoms with Crippen LogP contribution in [0.15, 0.2) is 48.7 Å². The number of nitrogens with one attached hydrogen (secondary N) is 1. The van der Waals surface area contributed by atoms with Gasteiger partial charge < -0.3 is 4.74 Å². The number of fused-ring (bicyclic) bond motifs is 1. The summed E-state index contributed by atoms with van der Waals surface area (Å²) in [5, 5.41) is 3.09. The molecule has 2 amide bonds. The first-order valence-corrected chi connectivity index (χ1v) is 10.1. The summed E-state index contributed by atoms with van der Waals surface area (Å²) in [6, 6.07) is 13.2. The third-order valence-corrected chi connectivity index (χ3v) is 5.93. The molecule has 1 atom stereocenters. The summed E-state index contributed by atoms with van der Waals surface area (Å²) in [6.07, 6.45) is 2.98. The van der Waals surface area contributed by atoms with Crippen molar-refractivity contribution >= 4 is 45.4 Å². The van der Waals surface area contributed by atoms with Crippen molar-refractivity contribution in [1.82, 2.24) is 10.3 Å². The molecule has 3 aromatic rings. The molecule has 1 aromatic heterocycles. The van der Waals surface area contributed by atoms with Gasteiger partial charge in [0.05, 0.1) is 15.8 Å². The molecule has 142 valence electrons. The Hall–Kier alpha value is -2.57. The second-order valence-electron chi connectivity index (χ2n) is 6.42. The third kappa shape index (κ3) is 3.70. The molecule has 1 N–H and O–H groups in total. The fourth-order valence-corrected chi connectivity index (χ4v) is 4.32. The first-order chi connectivity index (χ1) is 13.5. The summed E-state index contributed by atoms with van der Waals surface area (Å²) in [6.45, 7) is 2.05. The van der Waals surface area contributed by atoms with E-state index in [-0.39, 0.29) is 16.4 Å². The summed E-state index contributed by atoms with van der Waals surface area (Å²) in [5.74, 6) is 1.16. The van der Waals surface area contributed by atoms with Gasteiger partial charge in [-0.15, -0.1) is 0 Å². The number of pyridine rings is 1. The van der Waals surface area contributed by atoms with Crippen LogP contribution in [-0.2, 0) is 17.6 Å². The molecule has 0 spiro atoms. The largest absolute Gasteiger partial charge is 0.457 e. The van der Waals surface area contributed by atoms with Crippen molar-refractivity contribution in [3.8, 4) is 11.5 Å². The Morgan fingerprint density at radius 2 is 2.04 bits per heavy atom. The minimum absolute atomic E-state index is 0.225. The molecule has 1 fully saturated rings. The van der Waals surface area contributed by atoms with Crippen molar-refractivity contribution in [2.45, 2.75) is 25.0 Å². The Balaban J connectivity index is 1.61. The number of aromatic nitrogens is 1. The van der Waals surface area contributed by atoms with Crippen LogP contribution in [0.2, 0.25) is 5.02 Å². The molecule has 2 heterocycles. The predicted molar refractivity (Wildman–Crippen MR) is 111 cm³/mol. The first kappa shape index (κ1) is 18.8. The first-order valence-electron chi connectivity index (χ1n) is 8.89. The highest BCUT2D eigenvalue weighted by Crippen LogP contribution is 2.33. The van der Waals surface area contributed by atoms with Crippen molar-refractivity contribution in [2.75, 3.05) is 0 Å². The van der Waals surface area contributed by atoms with E-state index in [1.165, 1.54) is 0 Å². The van der Waals surface area contributed by atoms with E-state index in [1.807, 2.05) is 36.4 Å². The molecule has 2 aromatic carbocycles. The lowest BCUT2D eigenvalue weighted by Gasteiger charge is -2.14. The minimum atomic E-state index is -0.379. The Morgan fingerprint density at radius 3 is 2.79 bits per heavy atom. The van der Waals surface area contributed by atoms with Gasteiger partial charge in [0.1, 0.15) is 11.5 Å². The van der Waals surface area contributed by atoms with Gasteiger partial charge in [-0.25, -0.2) is 0 Å². The van der Waals surface area contributed by atoms with Crippen LogP contribution in [0.3, 0.4) is 0 Å². The van der Waals surface area contributed by atoms with E-state index in [9.17, 15) is 9.59 Å². The molecule has 1 aliphatic heterocycles. The second kappa shape index (κ2) is 7.81. The van der Waals surface area contributed by atoms with Gasteiger partial charge >= 0.3 is 0 Å². The van der Waals surface area contributed by atoms with Crippen LogP contribution in [0.4, 0.5) is 4.79 Å². The van der Waals surface area contributed by atoms with Gasteiger partial charge in [-0.1, -0.05) is 42.4 Å². The molecule has 0 saturated carbocycles. The van der Waals surface area contributed by atoms with Crippen molar-refractivity contribution < 1.29 is 14.3 Å². The molecule has 7 heteroatoms. The molecule has 1 unspecified atom stereocenters. The number of para-hydroxylation sites is 1. The maximum absolute atomic E-state index is 11.9. The number of hydrogen-bond acceptors (Lipinski definition) is 5. The molecule has 1 saturated heterocycles. The topological polar surface area (TPSA) is 68.3 Å². The van der Waals surface area contributed by atoms with E-state index in [2.05, 4.69) is 17.2 Å². The van der Waals surface area contributed by atoms with E-state index < -0.39 is 0 Å². The molecule has 0 aliphatic carbocycles. The summed E-state index contributed by atoms with van der Waals surface area (Å²) in [4.78, 5) is 27.6. The van der Waals surface area contributed by atoms with Crippen LogP contribution in [0, 0.1) is 0 Å². The zero-order chi connectivity index (χ0) is 19.7. The highest BCUT2D eigenvalue weighted by molar-refractivity contribution is 8.15. The maximum atomic E-state index is 11.9. The Bertz CT molecular complexity index is 1090. The van der Waals surface area contributed by atoms with E-state index in [0.717, 1.165) is 34.7 Å². The average Bonchev–Trinajstić information content (AvgIpc) is 3.00. The molecule has 0 bridgehead atoms. The van der Waals surface area contributed by atoms with Crippen molar-refractivity contribution in [3.05, 3.63) is 64.8 Å². The van der Waals surface area contributed by atoms with Crippen LogP contribution >= 0.6 is 23.4 Å². The monoisotopic (exact) mass is 412 g/mol. The maximum Gasteiger partial charge on any atom is 0.286 e. The lowest BCUT2D eigenvalue weighted by atomic mass is 10.00. The van der Waals surface area contributed by atoms with Gasteiger partial charge in [-0.2, -0.15) is 0 Å². The normalized spacial score (nSPS) is 16.4. The molecule has 4 rings (SSSR count). The summed E-state index contributed by atoms with van der Waals surface area (Å²) < 4.78 is 6.12. The number of nitrogens with zero attached hydrogens (tertiary/aromatic N) is 1. The number of hydrogen-bond donors (Lipinski definition) is 1. The van der Waals surface area contributed by atoms with Gasteiger partial charge in [0.2, 0.25) is 5.91 Å². The Labute approximate surface area is 171 Å². The standard InChI is InChI=1S/C21H17ClN2O3S/c1-2-12-10-14(7-6-13(12)11-18-20(25)24-21(26)28-18)27-17-8-9-23-19-15(17)4-3-5-16(19)22/h3-10,18H,2,11H2,1H3,(H,24,25,26). The van der Waals surface area contributed by atoms with Gasteiger partial charge in [0, 0.05) is 11.6 Å². The van der Waals surface area contributed by atoms with Crippen molar-refractivity contribution in [2.24, 2.45) is 0 Å². The number of ether oxygens (including phenoxy) is 1. The number of carbonyl (C=O) groups excluding carboxylic acids is 2. The van der Waals surface area contributed by atoms with Gasteiger partial charge in [0.15, 0.2) is 0 Å². The quantitative estimate of drug-likeness (QED) is 0.628. The van der Waals surface area contributed by atoms with Crippen molar-refractivity contribution in [1.29, 1.82) is 0 Å². The highest BCUT2D eigenvalue weighted by Gasteiger charge is 2.31. The number of amides is 2. The van der Waals surface area contributed by atoms with E-state index >= 15 is 0 Å². The van der Waals surface area contributed by atoms with Crippen molar-refractivity contribution in [3.63, 3.8) is 0 Å². The number of thioether (sulfide) groups is 1. The van der Waals surface area contributed by atoms with Crippen LogP contribution in [0.25, 0.3) is 10.9 Å². The van der Waals surface area contributed by atoms with E-state index in [0.29, 0.717) is 28.5 Å². The molecular weight excluding hydrogens is 396 g/mol. The van der Waals surface area contributed by atoms with Gasteiger partial charge in [-0.05, 0) is 54.3 Å². The predicted octanol–water partition coefficient (Wildman–Crippen LogP) is 5.14. The van der Waals surface area contributed by atoms with E-state index in [4.69, 9.17) is 16.3 Å². The highest BCUT2D eigenvalue weighted by atomic mass is 35.5. The number of benzene rings is 2. The smallest absolute Gasteiger partial charge is 0.286 e. The lowest BCUT2D eigenvalue weighted by molar-refractivity contribution is -0.118. The third-order valence-electron chi connectivity index (χ3n) is 4.64. The molecule has 28 heavy (non-hydrogen) atoms. The number of aryl methyl sites for hydroxylation is 1. The van der Waals surface area contributed by atoms with Crippen LogP contribution < -0.4 is 10.1 Å². The van der Waals surface area contributed by atoms with Crippen LogP contribution in [-0.4, -0.2) is 21.4 Å². The summed E-state index contributed by atoms with van der Waals surface area (Å²) in [7, 11) is 0. The van der Waals surface area contributed by atoms with Crippen LogP contribution in [0.5, 0.6) is 11.5 Å². The Morgan fingerprint density at radius 1 is 1.18 bits per heavy atom. The van der Waals surface area contributed by atoms with Gasteiger partial charge in [-0.3, -0.25) is 19.9 Å². The summed E-state index contributed by atoms with van der Waals surface area (Å²) >= 11 is 7.27. The number of halogens is 1. The summed E-state index contributed by atoms with van der Waals surface area (Å²) in [5.41, 5.74) is 2.82. The molecule has 0 radical (unpaired) electrons. The Kier molecular flexibility index (Phi) is 5.24. The SMILES string of the molecule is CCc1cc(Oc2ccnc3c(Cl)cccc23)ccc1CC1SC(=O)NC1=O. The zero-order valence-electron chi connectivity index (χ0n) is 15.1. The number of imide groups is 1. The molecule has 1 aliphatic rings. The lowest BCUT2D eigenvalue weighted by Crippen LogP contribution is -2.25. The minimum Gasteiger partial charge on any atom is -0.457 e. The average molecular weight is 413 g/mol. The number of carbonyl (C=O) groups is 2. The number of rotatable bonds is 5. The fourth-order valence-electron chi connectivity index (χ4n) is 3.25. The molecular formula is C21H17ClN2O3S. The fraction of sp³-hybridized carbons (Fsp3) is 0.190.